The molecule has 1 saturated carbocycles. The van der Waals surface area contributed by atoms with Gasteiger partial charge in [-0.2, -0.15) is 0 Å². The molecule has 1 spiro atoms. The van der Waals surface area contributed by atoms with Gasteiger partial charge in [0.25, 0.3) is 0 Å². The van der Waals surface area contributed by atoms with Crippen molar-refractivity contribution in [2.24, 2.45) is 11.3 Å². The Balaban J connectivity index is 1.39. The van der Waals surface area contributed by atoms with Gasteiger partial charge in [0.05, 0.1) is 4.90 Å². The number of nitrogens with zero attached hydrogens (tertiary/aromatic N) is 1. The van der Waals surface area contributed by atoms with E-state index in [2.05, 4.69) is 20.7 Å². The van der Waals surface area contributed by atoms with Crippen molar-refractivity contribution in [1.29, 1.82) is 0 Å². The number of ether oxygens (including phenoxy) is 1. The molecule has 156 valence electrons. The number of aryl methyl sites for hydroxylation is 1. The lowest BCUT2D eigenvalue weighted by Gasteiger charge is -2.59. The third kappa shape index (κ3) is 4.89. The molecule has 1 N–H and O–H groups in total. The summed E-state index contributed by atoms with van der Waals surface area (Å²) in [6, 6.07) is 5.04. The first-order valence-electron chi connectivity index (χ1n) is 9.63. The lowest BCUT2D eigenvalue weighted by Crippen LogP contribution is -2.64. The van der Waals surface area contributed by atoms with Gasteiger partial charge in [-0.3, -0.25) is 0 Å². The molecule has 1 aromatic carbocycles. The van der Waals surface area contributed by atoms with Gasteiger partial charge in [-0.25, -0.2) is 17.9 Å². The van der Waals surface area contributed by atoms with Crippen molar-refractivity contribution < 1.29 is 17.9 Å². The van der Waals surface area contributed by atoms with Gasteiger partial charge >= 0.3 is 6.09 Å². The highest BCUT2D eigenvalue weighted by atomic mass is 79.9. The van der Waals surface area contributed by atoms with Gasteiger partial charge in [-0.05, 0) is 76.6 Å². The fourth-order valence-corrected chi connectivity index (χ4v) is 5.49. The van der Waals surface area contributed by atoms with Gasteiger partial charge in [-0.15, -0.1) is 0 Å². The first kappa shape index (κ1) is 21.6. The number of benzene rings is 1. The minimum Gasteiger partial charge on any atom is -0.444 e. The summed E-state index contributed by atoms with van der Waals surface area (Å²) in [5, 5.41) is 0. The minimum atomic E-state index is -3.48. The molecule has 0 bridgehead atoms. The fraction of sp³-hybridized carbons (Fsp3) is 0.650. The lowest BCUT2D eigenvalue weighted by molar-refractivity contribution is -0.0961. The highest BCUT2D eigenvalue weighted by Gasteiger charge is 2.53. The van der Waals surface area contributed by atoms with Crippen molar-refractivity contribution in [1.82, 2.24) is 9.62 Å². The molecule has 1 heterocycles. The number of halogens is 1. The summed E-state index contributed by atoms with van der Waals surface area (Å²) in [4.78, 5) is 14.1. The van der Waals surface area contributed by atoms with E-state index in [-0.39, 0.29) is 11.5 Å². The number of hydrogen-bond acceptors (Lipinski definition) is 4. The molecule has 6 nitrogen and oxygen atoms in total. The summed E-state index contributed by atoms with van der Waals surface area (Å²) >= 11 is 3.39. The standard InChI is InChI=1S/C20H29BrN2O4S/c1-14-9-16(5-6-17(14)21)28(25,26)22-8-7-15-10-20(11-15)12-23(13-20)18(24)27-19(2,3)4/h5-6,9,15,22H,7-8,10-13H2,1-4H3. The van der Waals surface area contributed by atoms with Gasteiger partial charge in [0.2, 0.25) is 10.0 Å². The summed E-state index contributed by atoms with van der Waals surface area (Å²) < 4.78 is 33.9. The van der Waals surface area contributed by atoms with Crippen LogP contribution in [0, 0.1) is 18.3 Å². The number of amides is 1. The first-order chi connectivity index (χ1) is 12.9. The maximum absolute atomic E-state index is 12.4. The Hall–Kier alpha value is -1.12. The number of hydrogen-bond donors (Lipinski definition) is 1. The average molecular weight is 473 g/mol. The van der Waals surface area contributed by atoms with E-state index in [0.29, 0.717) is 17.4 Å². The van der Waals surface area contributed by atoms with Crippen LogP contribution >= 0.6 is 15.9 Å². The Morgan fingerprint density at radius 3 is 2.54 bits per heavy atom. The number of nitrogens with one attached hydrogen (secondary N) is 1. The highest BCUT2D eigenvalue weighted by Crippen LogP contribution is 2.53. The second kappa shape index (κ2) is 7.61. The smallest absolute Gasteiger partial charge is 0.410 e. The molecule has 0 atom stereocenters. The number of likely N-dealkylation sites (tertiary alicyclic amines) is 1. The Bertz CT molecular complexity index is 849. The molecule has 1 amide bonds. The molecule has 8 heteroatoms. The molecular weight excluding hydrogens is 444 g/mol. The molecule has 1 aliphatic carbocycles. The molecule has 1 aliphatic heterocycles. The van der Waals surface area contributed by atoms with Crippen LogP contribution < -0.4 is 4.72 Å². The zero-order chi connectivity index (χ0) is 20.7. The van der Waals surface area contributed by atoms with Gasteiger partial charge in [-0.1, -0.05) is 15.9 Å². The molecule has 3 rings (SSSR count). The molecule has 0 unspecified atom stereocenters. The van der Waals surface area contributed by atoms with E-state index in [1.54, 1.807) is 23.1 Å². The Morgan fingerprint density at radius 1 is 1.32 bits per heavy atom. The summed E-state index contributed by atoms with van der Waals surface area (Å²) in [6.07, 6.45) is 2.68. The molecule has 28 heavy (non-hydrogen) atoms. The second-order valence-electron chi connectivity index (χ2n) is 9.21. The summed E-state index contributed by atoms with van der Waals surface area (Å²) in [5.74, 6) is 0.509. The van der Waals surface area contributed by atoms with Crippen LogP contribution in [-0.4, -0.2) is 44.6 Å². The molecule has 1 aromatic rings. The molecule has 2 fully saturated rings. The van der Waals surface area contributed by atoms with Gasteiger partial charge in [0.15, 0.2) is 0 Å². The zero-order valence-corrected chi connectivity index (χ0v) is 19.3. The summed E-state index contributed by atoms with van der Waals surface area (Å²) in [5.41, 5.74) is 0.652. The van der Waals surface area contributed by atoms with Crippen molar-refractivity contribution in [3.05, 3.63) is 28.2 Å². The minimum absolute atomic E-state index is 0.225. The van der Waals surface area contributed by atoms with Crippen molar-refractivity contribution in [2.45, 2.75) is 57.5 Å². The quantitative estimate of drug-likeness (QED) is 0.700. The van der Waals surface area contributed by atoms with Gasteiger partial charge in [0.1, 0.15) is 5.60 Å². The number of rotatable bonds is 5. The summed E-state index contributed by atoms with van der Waals surface area (Å²) in [6.45, 7) is 9.43. The van der Waals surface area contributed by atoms with Crippen LogP contribution in [0.3, 0.4) is 0 Å². The largest absolute Gasteiger partial charge is 0.444 e. The number of carbonyl (C=O) groups excluding carboxylic acids is 1. The highest BCUT2D eigenvalue weighted by molar-refractivity contribution is 9.10. The van der Waals surface area contributed by atoms with Crippen LogP contribution in [0.2, 0.25) is 0 Å². The molecule has 2 aliphatic rings. The van der Waals surface area contributed by atoms with Crippen LogP contribution in [0.15, 0.2) is 27.6 Å². The molecule has 0 radical (unpaired) electrons. The van der Waals surface area contributed by atoms with Crippen LogP contribution in [0.4, 0.5) is 4.79 Å². The van der Waals surface area contributed by atoms with Gasteiger partial charge < -0.3 is 9.64 Å². The van der Waals surface area contributed by atoms with E-state index in [1.807, 2.05) is 27.7 Å². The Morgan fingerprint density at radius 2 is 1.96 bits per heavy atom. The SMILES string of the molecule is Cc1cc(S(=O)(=O)NCCC2CC3(C2)CN(C(=O)OC(C)(C)C)C3)ccc1Br. The monoisotopic (exact) mass is 472 g/mol. The van der Waals surface area contributed by atoms with E-state index < -0.39 is 15.6 Å². The van der Waals surface area contributed by atoms with Crippen molar-refractivity contribution in [3.63, 3.8) is 0 Å². The van der Waals surface area contributed by atoms with Crippen LogP contribution in [0.25, 0.3) is 0 Å². The van der Waals surface area contributed by atoms with Crippen molar-refractivity contribution >= 4 is 32.0 Å². The first-order valence-corrected chi connectivity index (χ1v) is 11.9. The van der Waals surface area contributed by atoms with E-state index in [0.717, 1.165) is 42.4 Å². The predicted molar refractivity (Wildman–Crippen MR) is 112 cm³/mol. The Kier molecular flexibility index (Phi) is 5.87. The van der Waals surface area contributed by atoms with Crippen LogP contribution in [0.1, 0.15) is 45.6 Å². The molecule has 1 saturated heterocycles. The average Bonchev–Trinajstić information content (AvgIpc) is 2.48. The predicted octanol–water partition coefficient (Wildman–Crippen LogP) is 4.07. The van der Waals surface area contributed by atoms with Crippen LogP contribution in [-0.2, 0) is 14.8 Å². The maximum atomic E-state index is 12.4. The molecule has 0 aromatic heterocycles. The van der Waals surface area contributed by atoms with Crippen molar-refractivity contribution in [2.75, 3.05) is 19.6 Å². The normalized spacial score (nSPS) is 19.2. The topological polar surface area (TPSA) is 75.7 Å². The van der Waals surface area contributed by atoms with Crippen LogP contribution in [0.5, 0.6) is 0 Å². The van der Waals surface area contributed by atoms with E-state index in [9.17, 15) is 13.2 Å². The number of carbonyl (C=O) groups is 1. The van der Waals surface area contributed by atoms with Crippen molar-refractivity contribution in [3.8, 4) is 0 Å². The van der Waals surface area contributed by atoms with E-state index in [4.69, 9.17) is 4.74 Å². The fourth-order valence-electron chi connectivity index (χ4n) is 4.11. The summed E-state index contributed by atoms with van der Waals surface area (Å²) in [7, 11) is -3.48. The maximum Gasteiger partial charge on any atom is 0.410 e. The van der Waals surface area contributed by atoms with Gasteiger partial charge in [0, 0.05) is 29.5 Å². The third-order valence-electron chi connectivity index (χ3n) is 5.43. The van der Waals surface area contributed by atoms with E-state index in [1.165, 1.54) is 0 Å². The number of sulfonamides is 1. The van der Waals surface area contributed by atoms with E-state index >= 15 is 0 Å². The second-order valence-corrected chi connectivity index (χ2v) is 11.8. The Labute approximate surface area is 176 Å². The third-order valence-corrected chi connectivity index (χ3v) is 7.78. The molecular formula is C20H29BrN2O4S. The zero-order valence-electron chi connectivity index (χ0n) is 16.9. The lowest BCUT2D eigenvalue weighted by atomic mass is 9.57.